The molecule has 0 spiro atoms. The van der Waals surface area contributed by atoms with Crippen LogP contribution >= 0.6 is 0 Å². The maximum atomic E-state index is 12.4. The van der Waals surface area contributed by atoms with Crippen molar-refractivity contribution in [3.63, 3.8) is 0 Å². The van der Waals surface area contributed by atoms with Crippen LogP contribution in [0.5, 0.6) is 0 Å². The van der Waals surface area contributed by atoms with Crippen molar-refractivity contribution in [3.8, 4) is 0 Å². The number of nitrogens with zero attached hydrogens (tertiary/aromatic N) is 1. The zero-order valence-corrected chi connectivity index (χ0v) is 12.2. The van der Waals surface area contributed by atoms with Gasteiger partial charge in [0.1, 0.15) is 0 Å². The van der Waals surface area contributed by atoms with Crippen molar-refractivity contribution in [1.82, 2.24) is 4.90 Å². The highest BCUT2D eigenvalue weighted by Crippen LogP contribution is 2.17. The van der Waals surface area contributed by atoms with Crippen LogP contribution in [-0.4, -0.2) is 43.2 Å². The Bertz CT molecular complexity index is 440. The number of carbonyl (C=O) groups is 1. The van der Waals surface area contributed by atoms with Crippen molar-refractivity contribution in [2.75, 3.05) is 26.2 Å². The Morgan fingerprint density at radius 3 is 2.80 bits per heavy atom. The Morgan fingerprint density at radius 2 is 2.15 bits per heavy atom. The quantitative estimate of drug-likeness (QED) is 0.836. The van der Waals surface area contributed by atoms with E-state index in [1.165, 1.54) is 0 Å². The fraction of sp³-hybridized carbons (Fsp3) is 0.562. The van der Waals surface area contributed by atoms with Crippen LogP contribution in [0, 0.1) is 6.92 Å². The summed E-state index contributed by atoms with van der Waals surface area (Å²) >= 11 is 0. The zero-order chi connectivity index (χ0) is 14.4. The van der Waals surface area contributed by atoms with E-state index in [2.05, 4.69) is 0 Å². The fourth-order valence-electron chi connectivity index (χ4n) is 2.52. The second-order valence-corrected chi connectivity index (χ2v) is 5.37. The normalized spacial score (nSPS) is 16.4. The van der Waals surface area contributed by atoms with E-state index in [1.807, 2.05) is 36.1 Å². The minimum Gasteiger partial charge on any atom is -0.378 e. The summed E-state index contributed by atoms with van der Waals surface area (Å²) in [7, 11) is 0. The number of hydrogen-bond acceptors (Lipinski definition) is 3. The van der Waals surface area contributed by atoms with Gasteiger partial charge >= 0.3 is 0 Å². The summed E-state index contributed by atoms with van der Waals surface area (Å²) in [6, 6.07) is 7.78. The molecule has 0 unspecified atom stereocenters. The predicted molar refractivity (Wildman–Crippen MR) is 79.7 cm³/mol. The van der Waals surface area contributed by atoms with Crippen LogP contribution in [0.15, 0.2) is 24.3 Å². The summed E-state index contributed by atoms with van der Waals surface area (Å²) in [5.41, 5.74) is 7.36. The second kappa shape index (κ2) is 7.41. The number of ether oxygens (including phenoxy) is 1. The summed E-state index contributed by atoms with van der Waals surface area (Å²) < 4.78 is 5.76. The first-order valence-electron chi connectivity index (χ1n) is 7.38. The topological polar surface area (TPSA) is 55.6 Å². The van der Waals surface area contributed by atoms with Gasteiger partial charge in [0.05, 0.1) is 6.10 Å². The number of rotatable bonds is 5. The largest absolute Gasteiger partial charge is 0.378 e. The molecule has 1 fully saturated rings. The molecule has 4 nitrogen and oxygen atoms in total. The first-order valence-corrected chi connectivity index (χ1v) is 7.38. The molecule has 1 amide bonds. The maximum absolute atomic E-state index is 12.4. The Balaban J connectivity index is 1.83. The van der Waals surface area contributed by atoms with E-state index in [0.29, 0.717) is 6.54 Å². The van der Waals surface area contributed by atoms with Crippen molar-refractivity contribution in [2.24, 2.45) is 5.73 Å². The highest BCUT2D eigenvalue weighted by Gasteiger charge is 2.23. The summed E-state index contributed by atoms with van der Waals surface area (Å²) in [4.78, 5) is 14.3. The molecule has 1 aliphatic rings. The Labute approximate surface area is 120 Å². The van der Waals surface area contributed by atoms with Gasteiger partial charge in [0.2, 0.25) is 0 Å². The summed E-state index contributed by atoms with van der Waals surface area (Å²) in [5, 5.41) is 0. The number of hydrogen-bond donors (Lipinski definition) is 1. The molecule has 20 heavy (non-hydrogen) atoms. The number of benzene rings is 1. The number of amides is 1. The van der Waals surface area contributed by atoms with Crippen LogP contribution in [0.1, 0.15) is 35.2 Å². The average Bonchev–Trinajstić information content (AvgIpc) is 2.47. The van der Waals surface area contributed by atoms with Gasteiger partial charge in [-0.1, -0.05) is 17.7 Å². The van der Waals surface area contributed by atoms with Crippen LogP contribution < -0.4 is 5.73 Å². The molecule has 1 aromatic carbocycles. The van der Waals surface area contributed by atoms with Gasteiger partial charge in [-0.3, -0.25) is 4.79 Å². The lowest BCUT2D eigenvalue weighted by molar-refractivity contribution is 0.00844. The van der Waals surface area contributed by atoms with Crippen molar-refractivity contribution < 1.29 is 9.53 Å². The third-order valence-electron chi connectivity index (χ3n) is 3.70. The zero-order valence-electron chi connectivity index (χ0n) is 12.2. The van der Waals surface area contributed by atoms with E-state index >= 15 is 0 Å². The molecular formula is C16H24N2O2. The summed E-state index contributed by atoms with van der Waals surface area (Å²) in [5.74, 6) is 0.133. The average molecular weight is 276 g/mol. The molecule has 0 aliphatic carbocycles. The second-order valence-electron chi connectivity index (χ2n) is 5.37. The van der Waals surface area contributed by atoms with E-state index < -0.39 is 0 Å². The Morgan fingerprint density at radius 1 is 1.40 bits per heavy atom. The molecule has 1 saturated heterocycles. The molecule has 0 saturated carbocycles. The molecule has 2 N–H and O–H groups in total. The number of likely N-dealkylation sites (tertiary alicyclic amines) is 1. The smallest absolute Gasteiger partial charge is 0.253 e. The predicted octanol–water partition coefficient (Wildman–Crippen LogP) is 1.97. The van der Waals surface area contributed by atoms with E-state index in [0.717, 1.165) is 50.1 Å². The van der Waals surface area contributed by atoms with Crippen LogP contribution in [0.4, 0.5) is 0 Å². The Kier molecular flexibility index (Phi) is 5.56. The summed E-state index contributed by atoms with van der Waals surface area (Å²) in [6.45, 7) is 4.96. The molecular weight excluding hydrogens is 252 g/mol. The monoisotopic (exact) mass is 276 g/mol. The molecule has 4 heteroatoms. The van der Waals surface area contributed by atoms with Gasteiger partial charge in [0, 0.05) is 25.3 Å². The van der Waals surface area contributed by atoms with Gasteiger partial charge in [-0.2, -0.15) is 0 Å². The van der Waals surface area contributed by atoms with Crippen molar-refractivity contribution in [1.29, 1.82) is 0 Å². The van der Waals surface area contributed by atoms with Gasteiger partial charge in [-0.15, -0.1) is 0 Å². The molecule has 0 bridgehead atoms. The lowest BCUT2D eigenvalue weighted by Crippen LogP contribution is -2.41. The minimum atomic E-state index is 0.133. The van der Waals surface area contributed by atoms with Gasteiger partial charge < -0.3 is 15.4 Å². The van der Waals surface area contributed by atoms with Gasteiger partial charge in [-0.25, -0.2) is 0 Å². The fourth-order valence-corrected chi connectivity index (χ4v) is 2.52. The third kappa shape index (κ3) is 4.05. The SMILES string of the molecule is Cc1cccc(C(=O)N2CCC(OCCCN)CC2)c1. The molecule has 0 radical (unpaired) electrons. The van der Waals surface area contributed by atoms with Crippen LogP contribution in [0.2, 0.25) is 0 Å². The van der Waals surface area contributed by atoms with E-state index in [1.54, 1.807) is 0 Å². The molecule has 110 valence electrons. The highest BCUT2D eigenvalue weighted by molar-refractivity contribution is 5.94. The van der Waals surface area contributed by atoms with Crippen LogP contribution in [-0.2, 0) is 4.74 Å². The molecule has 1 aromatic rings. The van der Waals surface area contributed by atoms with Gasteiger partial charge in [-0.05, 0) is 44.9 Å². The Hall–Kier alpha value is -1.39. The van der Waals surface area contributed by atoms with Crippen LogP contribution in [0.25, 0.3) is 0 Å². The maximum Gasteiger partial charge on any atom is 0.253 e. The minimum absolute atomic E-state index is 0.133. The summed E-state index contributed by atoms with van der Waals surface area (Å²) in [6.07, 6.45) is 3.02. The van der Waals surface area contributed by atoms with Crippen LogP contribution in [0.3, 0.4) is 0 Å². The number of piperidine rings is 1. The van der Waals surface area contributed by atoms with E-state index in [9.17, 15) is 4.79 Å². The molecule has 2 rings (SSSR count). The van der Waals surface area contributed by atoms with Crippen molar-refractivity contribution >= 4 is 5.91 Å². The highest BCUT2D eigenvalue weighted by atomic mass is 16.5. The molecule has 1 aliphatic heterocycles. The lowest BCUT2D eigenvalue weighted by atomic mass is 10.1. The van der Waals surface area contributed by atoms with Crippen molar-refractivity contribution in [3.05, 3.63) is 35.4 Å². The molecule has 0 aromatic heterocycles. The van der Waals surface area contributed by atoms with E-state index in [-0.39, 0.29) is 12.0 Å². The third-order valence-corrected chi connectivity index (χ3v) is 3.70. The first kappa shape index (κ1) is 15.0. The molecule has 1 heterocycles. The van der Waals surface area contributed by atoms with E-state index in [4.69, 9.17) is 10.5 Å². The number of nitrogens with two attached hydrogens (primary N) is 1. The lowest BCUT2D eigenvalue weighted by Gasteiger charge is -2.32. The van der Waals surface area contributed by atoms with Gasteiger partial charge in [0.25, 0.3) is 5.91 Å². The van der Waals surface area contributed by atoms with Gasteiger partial charge in [0.15, 0.2) is 0 Å². The first-order chi connectivity index (χ1) is 9.70. The number of aryl methyl sites for hydroxylation is 1. The van der Waals surface area contributed by atoms with Crippen molar-refractivity contribution in [2.45, 2.75) is 32.3 Å². The standard InChI is InChI=1S/C16H24N2O2/c1-13-4-2-5-14(12-13)16(19)18-9-6-15(7-10-18)20-11-3-8-17/h2,4-5,12,15H,3,6-11,17H2,1H3. The number of carbonyl (C=O) groups excluding carboxylic acids is 1. The molecule has 0 atom stereocenters.